The van der Waals surface area contributed by atoms with Gasteiger partial charge in [-0.25, -0.2) is 14.8 Å². The van der Waals surface area contributed by atoms with Crippen molar-refractivity contribution in [2.75, 3.05) is 5.73 Å². The van der Waals surface area contributed by atoms with Crippen LogP contribution in [0.2, 0.25) is 0 Å². The molecule has 0 radical (unpaired) electrons. The van der Waals surface area contributed by atoms with Gasteiger partial charge in [0.2, 0.25) is 0 Å². The van der Waals surface area contributed by atoms with Crippen LogP contribution in [0.3, 0.4) is 0 Å². The number of fused-ring (bicyclic) bond motifs is 3. The Bertz CT molecular complexity index is 795. The van der Waals surface area contributed by atoms with Crippen molar-refractivity contribution in [1.82, 2.24) is 9.97 Å². The molecule has 0 fully saturated rings. The summed E-state index contributed by atoms with van der Waals surface area (Å²) in [7, 11) is 0. The fourth-order valence-corrected chi connectivity index (χ4v) is 3.24. The van der Waals surface area contributed by atoms with E-state index in [9.17, 15) is 9.90 Å². The van der Waals surface area contributed by atoms with E-state index in [0.29, 0.717) is 16.3 Å². The standard InChI is InChI=1S/C12H9N3O2S/c1-5-14-10(13)8-6-3-2-4-7(12(16)17)9(6)18-11(8)15-5/h2-4H,1H3,(H,16,17)(H2,13,14,15). The molecule has 0 unspecified atom stereocenters. The topological polar surface area (TPSA) is 89.1 Å². The average Bonchev–Trinajstić information content (AvgIpc) is 2.65. The van der Waals surface area contributed by atoms with Gasteiger partial charge < -0.3 is 10.8 Å². The number of hydrogen-bond donors (Lipinski definition) is 2. The van der Waals surface area contributed by atoms with E-state index in [2.05, 4.69) is 9.97 Å². The SMILES string of the molecule is Cc1nc(N)c2c(n1)sc1c(C(=O)O)cccc12. The van der Waals surface area contributed by atoms with Crippen LogP contribution in [0.15, 0.2) is 18.2 Å². The zero-order valence-electron chi connectivity index (χ0n) is 9.47. The molecule has 6 heteroatoms. The molecule has 3 N–H and O–H groups in total. The first kappa shape index (κ1) is 10.9. The Morgan fingerprint density at radius 1 is 1.39 bits per heavy atom. The molecule has 1 aromatic carbocycles. The van der Waals surface area contributed by atoms with Crippen LogP contribution >= 0.6 is 11.3 Å². The predicted molar refractivity (Wildman–Crippen MR) is 71.0 cm³/mol. The number of nitrogen functional groups attached to an aromatic ring is 1. The van der Waals surface area contributed by atoms with Crippen molar-refractivity contribution in [2.24, 2.45) is 0 Å². The molecule has 3 rings (SSSR count). The van der Waals surface area contributed by atoms with Gasteiger partial charge in [0, 0.05) is 5.39 Å². The van der Waals surface area contributed by atoms with Crippen molar-refractivity contribution in [3.8, 4) is 0 Å². The molecule has 5 nitrogen and oxygen atoms in total. The number of aromatic nitrogens is 2. The van der Waals surface area contributed by atoms with Crippen molar-refractivity contribution in [2.45, 2.75) is 6.92 Å². The molecule has 0 aliphatic carbocycles. The molecule has 0 saturated heterocycles. The van der Waals surface area contributed by atoms with Gasteiger partial charge in [0.1, 0.15) is 16.5 Å². The van der Waals surface area contributed by atoms with E-state index in [-0.39, 0.29) is 5.56 Å². The lowest BCUT2D eigenvalue weighted by molar-refractivity contribution is 0.0699. The Balaban J connectivity index is 2.55. The number of carboxylic acids is 1. The number of carbonyl (C=O) groups is 1. The Morgan fingerprint density at radius 2 is 2.17 bits per heavy atom. The minimum atomic E-state index is -0.949. The maximum atomic E-state index is 11.2. The van der Waals surface area contributed by atoms with Gasteiger partial charge in [-0.05, 0) is 13.0 Å². The Hall–Kier alpha value is -2.21. The minimum Gasteiger partial charge on any atom is -0.478 e. The molecule has 0 bridgehead atoms. The predicted octanol–water partition coefficient (Wildman–Crippen LogP) is 2.43. The summed E-state index contributed by atoms with van der Waals surface area (Å²) in [5.74, 6) is 0.0325. The fourth-order valence-electron chi connectivity index (χ4n) is 2.00. The van der Waals surface area contributed by atoms with Crippen LogP contribution in [0.1, 0.15) is 16.2 Å². The van der Waals surface area contributed by atoms with Crippen molar-refractivity contribution < 1.29 is 9.90 Å². The molecule has 0 atom stereocenters. The third-order valence-electron chi connectivity index (χ3n) is 2.73. The van der Waals surface area contributed by atoms with E-state index in [0.717, 1.165) is 15.6 Å². The maximum absolute atomic E-state index is 11.2. The van der Waals surface area contributed by atoms with Crippen LogP contribution in [0.25, 0.3) is 20.3 Å². The van der Waals surface area contributed by atoms with E-state index in [4.69, 9.17) is 5.73 Å². The lowest BCUT2D eigenvalue weighted by atomic mass is 10.1. The maximum Gasteiger partial charge on any atom is 0.337 e. The summed E-state index contributed by atoms with van der Waals surface area (Å²) in [5, 5.41) is 10.7. The van der Waals surface area contributed by atoms with Gasteiger partial charge in [0.25, 0.3) is 0 Å². The molecule has 18 heavy (non-hydrogen) atoms. The summed E-state index contributed by atoms with van der Waals surface area (Å²) in [4.78, 5) is 20.3. The van der Waals surface area contributed by atoms with Gasteiger partial charge in [-0.15, -0.1) is 11.3 Å². The second-order valence-electron chi connectivity index (χ2n) is 3.93. The molecule has 0 spiro atoms. The molecule has 0 aliphatic heterocycles. The normalized spacial score (nSPS) is 11.2. The van der Waals surface area contributed by atoms with Crippen molar-refractivity contribution in [3.63, 3.8) is 0 Å². The highest BCUT2D eigenvalue weighted by molar-refractivity contribution is 7.25. The summed E-state index contributed by atoms with van der Waals surface area (Å²) >= 11 is 1.33. The first-order valence-corrected chi connectivity index (χ1v) is 6.08. The van der Waals surface area contributed by atoms with Gasteiger partial charge >= 0.3 is 5.97 Å². The van der Waals surface area contributed by atoms with E-state index in [1.807, 2.05) is 6.07 Å². The monoisotopic (exact) mass is 259 g/mol. The Kier molecular flexibility index (Phi) is 2.21. The van der Waals surface area contributed by atoms with E-state index >= 15 is 0 Å². The fraction of sp³-hybridized carbons (Fsp3) is 0.0833. The molecule has 90 valence electrons. The zero-order chi connectivity index (χ0) is 12.9. The van der Waals surface area contributed by atoms with Gasteiger partial charge in [-0.1, -0.05) is 12.1 Å². The number of rotatable bonds is 1. The van der Waals surface area contributed by atoms with Crippen LogP contribution in [0, 0.1) is 6.92 Å². The van der Waals surface area contributed by atoms with E-state index in [1.54, 1.807) is 19.1 Å². The number of carboxylic acid groups (broad SMARTS) is 1. The van der Waals surface area contributed by atoms with Crippen molar-refractivity contribution in [3.05, 3.63) is 29.6 Å². The van der Waals surface area contributed by atoms with Crippen molar-refractivity contribution >= 4 is 43.4 Å². The van der Waals surface area contributed by atoms with E-state index in [1.165, 1.54) is 11.3 Å². The number of nitrogens with two attached hydrogens (primary N) is 1. The molecule has 0 amide bonds. The lowest BCUT2D eigenvalue weighted by Crippen LogP contribution is -1.96. The largest absolute Gasteiger partial charge is 0.478 e. The molecule has 0 saturated carbocycles. The third-order valence-corrected chi connectivity index (χ3v) is 3.86. The highest BCUT2D eigenvalue weighted by Gasteiger charge is 2.16. The van der Waals surface area contributed by atoms with Crippen LogP contribution in [0.4, 0.5) is 5.82 Å². The smallest absolute Gasteiger partial charge is 0.337 e. The summed E-state index contributed by atoms with van der Waals surface area (Å²) in [5.41, 5.74) is 6.17. The second-order valence-corrected chi connectivity index (χ2v) is 4.92. The number of aryl methyl sites for hydroxylation is 1. The van der Waals surface area contributed by atoms with Gasteiger partial charge in [0.15, 0.2) is 0 Å². The Labute approximate surface area is 106 Å². The number of hydrogen-bond acceptors (Lipinski definition) is 5. The molecule has 2 heterocycles. The molecule has 2 aromatic heterocycles. The van der Waals surface area contributed by atoms with Crippen LogP contribution in [-0.2, 0) is 0 Å². The number of thiophene rings is 1. The first-order valence-electron chi connectivity index (χ1n) is 5.26. The van der Waals surface area contributed by atoms with Crippen molar-refractivity contribution in [1.29, 1.82) is 0 Å². The summed E-state index contributed by atoms with van der Waals surface area (Å²) in [6.07, 6.45) is 0. The summed E-state index contributed by atoms with van der Waals surface area (Å²) in [6, 6.07) is 5.13. The molecule has 0 aliphatic rings. The number of nitrogens with zero attached hydrogens (tertiary/aromatic N) is 2. The minimum absolute atomic E-state index is 0.271. The molecular weight excluding hydrogens is 250 g/mol. The summed E-state index contributed by atoms with van der Waals surface area (Å²) in [6.45, 7) is 1.76. The Morgan fingerprint density at radius 3 is 2.89 bits per heavy atom. The molecular formula is C12H9N3O2S. The van der Waals surface area contributed by atoms with Gasteiger partial charge in [0.05, 0.1) is 15.6 Å². The quantitative estimate of drug-likeness (QED) is 0.700. The van der Waals surface area contributed by atoms with Crippen LogP contribution < -0.4 is 5.73 Å². The number of aromatic carboxylic acids is 1. The number of anilines is 1. The zero-order valence-corrected chi connectivity index (χ0v) is 10.3. The number of benzene rings is 1. The lowest BCUT2D eigenvalue weighted by Gasteiger charge is -1.98. The highest BCUT2D eigenvalue weighted by Crippen LogP contribution is 2.37. The second kappa shape index (κ2) is 3.64. The molecule has 3 aromatic rings. The average molecular weight is 259 g/mol. The summed E-state index contributed by atoms with van der Waals surface area (Å²) < 4.78 is 0.687. The highest BCUT2D eigenvalue weighted by atomic mass is 32.1. The van der Waals surface area contributed by atoms with Gasteiger partial charge in [-0.3, -0.25) is 0 Å². The van der Waals surface area contributed by atoms with Crippen LogP contribution in [-0.4, -0.2) is 21.0 Å². The first-order chi connectivity index (χ1) is 8.58. The van der Waals surface area contributed by atoms with Crippen LogP contribution in [0.5, 0.6) is 0 Å². The van der Waals surface area contributed by atoms with Gasteiger partial charge in [-0.2, -0.15) is 0 Å². The van der Waals surface area contributed by atoms with E-state index < -0.39 is 5.97 Å². The third kappa shape index (κ3) is 1.42.